The van der Waals surface area contributed by atoms with Gasteiger partial charge in [0.05, 0.1) is 5.60 Å². The van der Waals surface area contributed by atoms with Crippen molar-refractivity contribution in [3.05, 3.63) is 0 Å². The lowest BCUT2D eigenvalue weighted by atomic mass is 9.95. The smallest absolute Gasteiger partial charge is 0.216 e. The van der Waals surface area contributed by atoms with Crippen molar-refractivity contribution in [2.24, 2.45) is 0 Å². The number of nitrogens with zero attached hydrogens (tertiary/aromatic N) is 2. The number of H-pyrrole nitrogens is 1. The van der Waals surface area contributed by atoms with Crippen LogP contribution in [0.25, 0.3) is 0 Å². The van der Waals surface area contributed by atoms with Crippen molar-refractivity contribution in [3.63, 3.8) is 0 Å². The molecule has 1 aliphatic rings. The van der Waals surface area contributed by atoms with Crippen LogP contribution in [0.15, 0.2) is 5.16 Å². The zero-order chi connectivity index (χ0) is 10.7. The molecule has 1 aromatic heterocycles. The molecule has 0 atom stereocenters. The van der Waals surface area contributed by atoms with Crippen molar-refractivity contribution in [3.8, 4) is 0 Å². The molecule has 84 valence electrons. The average molecular weight is 229 g/mol. The minimum Gasteiger partial charge on any atom is -0.389 e. The van der Waals surface area contributed by atoms with Gasteiger partial charge < -0.3 is 16.2 Å². The summed E-state index contributed by atoms with van der Waals surface area (Å²) in [6, 6.07) is 0. The lowest BCUT2D eigenvalue weighted by Crippen LogP contribution is -2.43. The number of thioether (sulfide) groups is 1. The summed E-state index contributed by atoms with van der Waals surface area (Å²) in [5.74, 6) is 0.932. The molecule has 2 heterocycles. The molecular formula is C8H15N5OS. The molecule has 7 heteroatoms. The minimum atomic E-state index is -0.592. The van der Waals surface area contributed by atoms with Gasteiger partial charge in [-0.25, -0.2) is 5.10 Å². The normalized spacial score (nSPS) is 20.3. The van der Waals surface area contributed by atoms with E-state index in [-0.39, 0.29) is 0 Å². The highest BCUT2D eigenvalue weighted by Gasteiger charge is 2.29. The second-order valence-corrected chi connectivity index (χ2v) is 4.71. The first-order chi connectivity index (χ1) is 7.18. The molecule has 1 aromatic rings. The number of aromatic amines is 1. The van der Waals surface area contributed by atoms with Crippen LogP contribution in [0.3, 0.4) is 0 Å². The highest BCUT2D eigenvalue weighted by Crippen LogP contribution is 2.26. The average Bonchev–Trinajstić information content (AvgIpc) is 2.63. The Morgan fingerprint density at radius 3 is 2.80 bits per heavy atom. The monoisotopic (exact) mass is 229 g/mol. The Hall–Kier alpha value is -0.790. The van der Waals surface area contributed by atoms with Crippen LogP contribution in [0.5, 0.6) is 0 Å². The minimum absolute atomic E-state index is 0.315. The van der Waals surface area contributed by atoms with Gasteiger partial charge in [-0.05, 0) is 25.9 Å². The first-order valence-corrected chi connectivity index (χ1v) is 5.90. The van der Waals surface area contributed by atoms with Gasteiger partial charge in [-0.1, -0.05) is 11.8 Å². The summed E-state index contributed by atoms with van der Waals surface area (Å²) in [5.41, 5.74) is 4.81. The summed E-state index contributed by atoms with van der Waals surface area (Å²) in [5, 5.41) is 20.5. The molecule has 15 heavy (non-hydrogen) atoms. The number of nitrogen functional groups attached to an aromatic ring is 1. The van der Waals surface area contributed by atoms with Gasteiger partial charge >= 0.3 is 0 Å². The predicted octanol–water partition coefficient (Wildman–Crippen LogP) is -0.407. The van der Waals surface area contributed by atoms with Crippen molar-refractivity contribution >= 4 is 17.7 Å². The maximum Gasteiger partial charge on any atom is 0.216 e. The molecule has 1 fully saturated rings. The first-order valence-electron chi connectivity index (χ1n) is 4.92. The summed E-state index contributed by atoms with van der Waals surface area (Å²) in [7, 11) is 0. The summed E-state index contributed by atoms with van der Waals surface area (Å²) in [6.45, 7) is 1.74. The van der Waals surface area contributed by atoms with Crippen molar-refractivity contribution in [2.45, 2.75) is 23.6 Å². The van der Waals surface area contributed by atoms with Gasteiger partial charge in [-0.2, -0.15) is 4.98 Å². The van der Waals surface area contributed by atoms with E-state index in [0.29, 0.717) is 16.9 Å². The largest absolute Gasteiger partial charge is 0.389 e. The summed E-state index contributed by atoms with van der Waals surface area (Å²) in [4.78, 5) is 3.97. The van der Waals surface area contributed by atoms with Gasteiger partial charge in [0.15, 0.2) is 0 Å². The van der Waals surface area contributed by atoms with E-state index in [9.17, 15) is 5.11 Å². The molecule has 1 saturated heterocycles. The van der Waals surface area contributed by atoms with Gasteiger partial charge in [0.25, 0.3) is 0 Å². The van der Waals surface area contributed by atoms with E-state index < -0.39 is 5.60 Å². The summed E-state index contributed by atoms with van der Waals surface area (Å²) < 4.78 is 0. The maximum absolute atomic E-state index is 10.2. The van der Waals surface area contributed by atoms with Gasteiger partial charge in [-0.15, -0.1) is 5.10 Å². The second kappa shape index (κ2) is 4.38. The van der Waals surface area contributed by atoms with Crippen molar-refractivity contribution < 1.29 is 5.11 Å². The Kier molecular flexibility index (Phi) is 3.13. The molecule has 0 aliphatic carbocycles. The molecule has 0 bridgehead atoms. The van der Waals surface area contributed by atoms with Crippen LogP contribution in [0.1, 0.15) is 12.8 Å². The highest BCUT2D eigenvalue weighted by atomic mass is 32.2. The van der Waals surface area contributed by atoms with Crippen LogP contribution in [-0.4, -0.2) is 44.7 Å². The molecule has 0 aromatic carbocycles. The molecule has 1 aliphatic heterocycles. The molecule has 0 saturated carbocycles. The van der Waals surface area contributed by atoms with Crippen LogP contribution in [-0.2, 0) is 0 Å². The topological polar surface area (TPSA) is 99.8 Å². The molecule has 0 radical (unpaired) electrons. The van der Waals surface area contributed by atoms with Crippen molar-refractivity contribution in [1.29, 1.82) is 0 Å². The number of hydrogen-bond acceptors (Lipinski definition) is 6. The van der Waals surface area contributed by atoms with Crippen molar-refractivity contribution in [1.82, 2.24) is 20.5 Å². The summed E-state index contributed by atoms with van der Waals surface area (Å²) in [6.07, 6.45) is 1.56. The fourth-order valence-electron chi connectivity index (χ4n) is 1.56. The van der Waals surface area contributed by atoms with Crippen LogP contribution in [0.4, 0.5) is 5.95 Å². The number of aliphatic hydroxyl groups is 1. The predicted molar refractivity (Wildman–Crippen MR) is 58.6 cm³/mol. The Bertz CT molecular complexity index is 323. The lowest BCUT2D eigenvalue weighted by molar-refractivity contribution is 0.0339. The summed E-state index contributed by atoms with van der Waals surface area (Å²) >= 11 is 1.44. The Labute approximate surface area is 92.0 Å². The van der Waals surface area contributed by atoms with E-state index in [1.54, 1.807) is 0 Å². The first kappa shape index (κ1) is 10.7. The quantitative estimate of drug-likeness (QED) is 0.526. The van der Waals surface area contributed by atoms with Crippen LogP contribution in [0.2, 0.25) is 0 Å². The zero-order valence-corrected chi connectivity index (χ0v) is 9.18. The molecule has 2 rings (SSSR count). The van der Waals surface area contributed by atoms with Crippen LogP contribution >= 0.6 is 11.8 Å². The number of anilines is 1. The standard InChI is InChI=1S/C8H15N5OS/c9-6-11-7(13-12-6)15-5-8(14)1-3-10-4-2-8/h10,14H,1-5H2,(H3,9,11,12,13). The highest BCUT2D eigenvalue weighted by molar-refractivity contribution is 7.99. The lowest BCUT2D eigenvalue weighted by Gasteiger charge is -2.31. The third-order valence-corrected chi connectivity index (χ3v) is 3.61. The van der Waals surface area contributed by atoms with Gasteiger partial charge in [0.2, 0.25) is 11.1 Å². The van der Waals surface area contributed by atoms with Crippen LogP contribution in [0, 0.1) is 0 Å². The number of rotatable bonds is 3. The molecule has 5 N–H and O–H groups in total. The van der Waals surface area contributed by atoms with Gasteiger partial charge in [0.1, 0.15) is 0 Å². The molecule has 0 spiro atoms. The molecule has 0 amide bonds. The Balaban J connectivity index is 1.86. The van der Waals surface area contributed by atoms with Gasteiger partial charge in [-0.3, -0.25) is 0 Å². The van der Waals surface area contributed by atoms with Crippen molar-refractivity contribution in [2.75, 3.05) is 24.6 Å². The molecular weight excluding hydrogens is 214 g/mol. The van der Waals surface area contributed by atoms with E-state index in [1.165, 1.54) is 11.8 Å². The van der Waals surface area contributed by atoms with Gasteiger partial charge in [0, 0.05) is 5.75 Å². The fourth-order valence-corrected chi connectivity index (χ4v) is 2.52. The zero-order valence-electron chi connectivity index (χ0n) is 8.36. The molecule has 6 nitrogen and oxygen atoms in total. The van der Waals surface area contributed by atoms with E-state index in [2.05, 4.69) is 20.5 Å². The number of hydrogen-bond donors (Lipinski definition) is 4. The Morgan fingerprint density at radius 1 is 1.47 bits per heavy atom. The number of nitrogens with one attached hydrogen (secondary N) is 2. The number of piperidine rings is 1. The third-order valence-electron chi connectivity index (χ3n) is 2.49. The number of aromatic nitrogens is 3. The van der Waals surface area contributed by atoms with E-state index in [0.717, 1.165) is 25.9 Å². The number of nitrogens with two attached hydrogens (primary N) is 1. The SMILES string of the molecule is Nc1nc(SCC2(O)CCNCC2)n[nH]1. The maximum atomic E-state index is 10.2. The third kappa shape index (κ3) is 2.83. The Morgan fingerprint density at radius 2 is 2.20 bits per heavy atom. The molecule has 0 unspecified atom stereocenters. The fraction of sp³-hybridized carbons (Fsp3) is 0.750. The van der Waals surface area contributed by atoms with E-state index >= 15 is 0 Å². The second-order valence-electron chi connectivity index (χ2n) is 3.77. The van der Waals surface area contributed by atoms with E-state index in [1.807, 2.05) is 0 Å². The van der Waals surface area contributed by atoms with Crippen LogP contribution < -0.4 is 11.1 Å². The van der Waals surface area contributed by atoms with E-state index in [4.69, 9.17) is 5.73 Å².